The van der Waals surface area contributed by atoms with Crippen LogP contribution in [0, 0.1) is 28.6 Å². The Kier molecular flexibility index (Phi) is 3.35. The van der Waals surface area contributed by atoms with E-state index in [9.17, 15) is 20.1 Å². The average molecular weight is 322 g/mol. The van der Waals surface area contributed by atoms with Crippen molar-refractivity contribution in [2.75, 3.05) is 0 Å². The summed E-state index contributed by atoms with van der Waals surface area (Å²) in [4.78, 5) is 12.4. The number of fused-ring (bicyclic) bond motifs is 5. The summed E-state index contributed by atoms with van der Waals surface area (Å²) in [5.74, 6) is 1.02. The molecule has 0 aromatic heterocycles. The van der Waals surface area contributed by atoms with Gasteiger partial charge < -0.3 is 15.3 Å². The number of aliphatic hydroxyl groups is 3. The molecular formula is C19H30O4. The largest absolute Gasteiger partial charge is 0.393 e. The number of aliphatic hydroxyl groups excluding tert-OH is 2. The van der Waals surface area contributed by atoms with Crippen LogP contribution in [-0.2, 0) is 4.79 Å². The van der Waals surface area contributed by atoms with Gasteiger partial charge in [-0.1, -0.05) is 13.8 Å². The van der Waals surface area contributed by atoms with Crippen molar-refractivity contribution in [1.82, 2.24) is 0 Å². The quantitative estimate of drug-likeness (QED) is 0.638. The molecule has 0 heterocycles. The van der Waals surface area contributed by atoms with E-state index in [1.165, 1.54) is 0 Å². The van der Waals surface area contributed by atoms with Crippen LogP contribution in [0.3, 0.4) is 0 Å². The molecule has 0 bridgehead atoms. The Morgan fingerprint density at radius 2 is 1.74 bits per heavy atom. The van der Waals surface area contributed by atoms with Crippen LogP contribution in [0.4, 0.5) is 0 Å². The van der Waals surface area contributed by atoms with Crippen LogP contribution < -0.4 is 0 Å². The lowest BCUT2D eigenvalue weighted by atomic mass is 9.43. The molecule has 4 rings (SSSR count). The smallest absolute Gasteiger partial charge is 0.139 e. The van der Waals surface area contributed by atoms with Crippen molar-refractivity contribution in [2.24, 2.45) is 28.6 Å². The van der Waals surface area contributed by atoms with Gasteiger partial charge in [-0.3, -0.25) is 4.79 Å². The third kappa shape index (κ3) is 1.92. The Bertz CT molecular complexity index is 533. The van der Waals surface area contributed by atoms with Gasteiger partial charge in [-0.2, -0.15) is 0 Å². The highest BCUT2D eigenvalue weighted by molar-refractivity contribution is 5.87. The van der Waals surface area contributed by atoms with Crippen molar-refractivity contribution in [3.05, 3.63) is 0 Å². The number of carbonyl (C=O) groups excluding carboxylic acids is 1. The Morgan fingerprint density at radius 1 is 1.00 bits per heavy atom. The third-order valence-corrected chi connectivity index (χ3v) is 8.48. The summed E-state index contributed by atoms with van der Waals surface area (Å²) in [7, 11) is 0. The fraction of sp³-hybridized carbons (Fsp3) is 0.947. The number of Topliss-reactive ketones (excluding diaryl/α,β-unsaturated/α-hetero) is 1. The molecule has 4 aliphatic rings. The Morgan fingerprint density at radius 3 is 2.48 bits per heavy atom. The molecule has 8 atom stereocenters. The summed E-state index contributed by atoms with van der Waals surface area (Å²) < 4.78 is 0. The fourth-order valence-corrected chi connectivity index (χ4v) is 7.00. The Labute approximate surface area is 138 Å². The van der Waals surface area contributed by atoms with Crippen LogP contribution >= 0.6 is 0 Å². The molecule has 23 heavy (non-hydrogen) atoms. The lowest BCUT2D eigenvalue weighted by Gasteiger charge is -2.64. The number of hydrogen-bond donors (Lipinski definition) is 3. The van der Waals surface area contributed by atoms with Crippen LogP contribution in [0.1, 0.15) is 65.2 Å². The molecule has 0 spiro atoms. The van der Waals surface area contributed by atoms with E-state index in [1.807, 2.05) is 0 Å². The summed E-state index contributed by atoms with van der Waals surface area (Å²) in [6.45, 7) is 4.27. The summed E-state index contributed by atoms with van der Waals surface area (Å²) in [5, 5.41) is 32.3. The predicted molar refractivity (Wildman–Crippen MR) is 85.6 cm³/mol. The van der Waals surface area contributed by atoms with E-state index in [2.05, 4.69) is 13.8 Å². The van der Waals surface area contributed by atoms with Crippen molar-refractivity contribution in [1.29, 1.82) is 0 Å². The van der Waals surface area contributed by atoms with Gasteiger partial charge in [-0.05, 0) is 55.3 Å². The molecule has 0 aliphatic heterocycles. The van der Waals surface area contributed by atoms with Crippen molar-refractivity contribution in [3.63, 3.8) is 0 Å². The molecule has 0 aromatic rings. The molecule has 0 saturated heterocycles. The Hall–Kier alpha value is -0.450. The highest BCUT2D eigenvalue weighted by Crippen LogP contribution is 2.66. The van der Waals surface area contributed by atoms with Gasteiger partial charge in [0.1, 0.15) is 5.78 Å². The molecule has 0 amide bonds. The standard InChI is InChI=1S/C19H30O4/c1-17-7-6-13-16(12(17)3-4-15(17)22)14(21)10-19(23)9-11(20)5-8-18(13,19)2/h11-14,16,20-21,23H,3-10H2,1-2H3/t11-,12-,13-,14+,16-,17-,18+,19+/m0/s1. The predicted octanol–water partition coefficient (Wildman–Crippen LogP) is 2.04. The minimum Gasteiger partial charge on any atom is -0.393 e. The van der Waals surface area contributed by atoms with Crippen molar-refractivity contribution >= 4 is 5.78 Å². The van der Waals surface area contributed by atoms with E-state index in [0.717, 1.165) is 32.1 Å². The van der Waals surface area contributed by atoms with Crippen LogP contribution in [-0.4, -0.2) is 38.9 Å². The minimum atomic E-state index is -0.971. The number of rotatable bonds is 0. The number of hydrogen-bond acceptors (Lipinski definition) is 4. The number of carbonyl (C=O) groups is 1. The van der Waals surface area contributed by atoms with Gasteiger partial charge in [0.15, 0.2) is 0 Å². The van der Waals surface area contributed by atoms with Crippen molar-refractivity contribution in [2.45, 2.75) is 83.0 Å². The second-order valence-corrected chi connectivity index (χ2v) is 9.33. The second kappa shape index (κ2) is 4.80. The molecule has 130 valence electrons. The van der Waals surface area contributed by atoms with E-state index in [0.29, 0.717) is 25.0 Å². The molecule has 3 N–H and O–H groups in total. The van der Waals surface area contributed by atoms with E-state index in [-0.39, 0.29) is 28.6 Å². The van der Waals surface area contributed by atoms with Gasteiger partial charge in [0.05, 0.1) is 17.8 Å². The van der Waals surface area contributed by atoms with Crippen LogP contribution in [0.2, 0.25) is 0 Å². The van der Waals surface area contributed by atoms with E-state index < -0.39 is 17.8 Å². The van der Waals surface area contributed by atoms with Crippen LogP contribution in [0.5, 0.6) is 0 Å². The fourth-order valence-electron chi connectivity index (χ4n) is 7.00. The van der Waals surface area contributed by atoms with Gasteiger partial charge in [0.2, 0.25) is 0 Å². The van der Waals surface area contributed by atoms with E-state index in [4.69, 9.17) is 0 Å². The zero-order valence-corrected chi connectivity index (χ0v) is 14.3. The van der Waals surface area contributed by atoms with E-state index >= 15 is 0 Å². The van der Waals surface area contributed by atoms with Gasteiger partial charge in [-0.15, -0.1) is 0 Å². The monoisotopic (exact) mass is 322 g/mol. The normalized spacial score (nSPS) is 59.2. The average Bonchev–Trinajstić information content (AvgIpc) is 2.77. The zero-order valence-electron chi connectivity index (χ0n) is 14.3. The summed E-state index contributed by atoms with van der Waals surface area (Å²) >= 11 is 0. The lowest BCUT2D eigenvalue weighted by Crippen LogP contribution is -2.66. The second-order valence-electron chi connectivity index (χ2n) is 9.33. The van der Waals surface area contributed by atoms with Gasteiger partial charge >= 0.3 is 0 Å². The van der Waals surface area contributed by atoms with Crippen molar-refractivity contribution < 1.29 is 20.1 Å². The summed E-state index contributed by atoms with van der Waals surface area (Å²) in [6.07, 6.45) is 4.61. The zero-order chi connectivity index (χ0) is 16.6. The summed E-state index contributed by atoms with van der Waals surface area (Å²) in [6, 6.07) is 0. The molecule has 4 aliphatic carbocycles. The van der Waals surface area contributed by atoms with Gasteiger partial charge in [0.25, 0.3) is 0 Å². The first-order valence-corrected chi connectivity index (χ1v) is 9.33. The molecular weight excluding hydrogens is 292 g/mol. The molecule has 4 fully saturated rings. The molecule has 4 nitrogen and oxygen atoms in total. The summed E-state index contributed by atoms with van der Waals surface area (Å²) in [5.41, 5.74) is -1.48. The maximum Gasteiger partial charge on any atom is 0.139 e. The Balaban J connectivity index is 1.73. The maximum absolute atomic E-state index is 12.4. The maximum atomic E-state index is 12.4. The first-order chi connectivity index (χ1) is 10.7. The topological polar surface area (TPSA) is 77.8 Å². The van der Waals surface area contributed by atoms with Gasteiger partial charge in [0, 0.05) is 24.7 Å². The highest BCUT2D eigenvalue weighted by atomic mass is 16.3. The molecule has 0 aromatic carbocycles. The molecule has 4 heteroatoms. The third-order valence-electron chi connectivity index (χ3n) is 8.48. The molecule has 0 unspecified atom stereocenters. The minimum absolute atomic E-state index is 0.126. The highest BCUT2D eigenvalue weighted by Gasteiger charge is 2.66. The first kappa shape index (κ1) is 16.0. The van der Waals surface area contributed by atoms with Crippen LogP contribution in [0.25, 0.3) is 0 Å². The van der Waals surface area contributed by atoms with Crippen LogP contribution in [0.15, 0.2) is 0 Å². The number of ketones is 1. The molecule has 0 radical (unpaired) electrons. The lowest BCUT2D eigenvalue weighted by molar-refractivity contribution is -0.246. The SMILES string of the molecule is C[C@]12CC[C@H]3[C@@H]([C@H](O)C[C@]4(O)C[C@@H](O)CC[C@]34C)[C@@H]1CCC2=O. The van der Waals surface area contributed by atoms with Gasteiger partial charge in [-0.25, -0.2) is 0 Å². The first-order valence-electron chi connectivity index (χ1n) is 9.33. The van der Waals surface area contributed by atoms with Crippen molar-refractivity contribution in [3.8, 4) is 0 Å². The molecule has 4 saturated carbocycles. The van der Waals surface area contributed by atoms with E-state index in [1.54, 1.807) is 0 Å².